The molecule has 14 heavy (non-hydrogen) atoms. The van der Waals surface area contributed by atoms with E-state index in [0.29, 0.717) is 0 Å². The van der Waals surface area contributed by atoms with Crippen molar-refractivity contribution in [3.8, 4) is 0 Å². The second-order valence-corrected chi connectivity index (χ2v) is 4.72. The lowest BCUT2D eigenvalue weighted by Crippen LogP contribution is -2.44. The minimum absolute atomic E-state index is 0.0482. The Kier molecular flexibility index (Phi) is 2.08. The highest BCUT2D eigenvalue weighted by Crippen LogP contribution is 2.61. The molecule has 2 rings (SSSR count). The van der Waals surface area contributed by atoms with Crippen molar-refractivity contribution in [3.05, 3.63) is 0 Å². The highest BCUT2D eigenvalue weighted by atomic mass is 16.5. The van der Waals surface area contributed by atoms with Crippen molar-refractivity contribution < 1.29 is 9.53 Å². The number of piperidine rings is 1. The summed E-state index contributed by atoms with van der Waals surface area (Å²) in [7, 11) is 3.52. The molecule has 1 aliphatic heterocycles. The number of hydrogen-bond acceptors (Lipinski definition) is 4. The minimum Gasteiger partial charge on any atom is -0.468 e. The molecule has 0 aromatic rings. The van der Waals surface area contributed by atoms with Crippen LogP contribution in [0, 0.1) is 5.41 Å². The number of ether oxygens (including phenoxy) is 1. The molecule has 2 fully saturated rings. The maximum atomic E-state index is 11.5. The van der Waals surface area contributed by atoms with Gasteiger partial charge in [-0.05, 0) is 39.4 Å². The fourth-order valence-corrected chi connectivity index (χ4v) is 2.63. The van der Waals surface area contributed by atoms with Crippen LogP contribution in [0.5, 0.6) is 0 Å². The van der Waals surface area contributed by atoms with E-state index in [4.69, 9.17) is 10.5 Å². The van der Waals surface area contributed by atoms with E-state index in [2.05, 4.69) is 11.9 Å². The van der Waals surface area contributed by atoms with Gasteiger partial charge in [-0.15, -0.1) is 0 Å². The normalized spacial score (nSPS) is 35.6. The van der Waals surface area contributed by atoms with Gasteiger partial charge in [0.15, 0.2) is 0 Å². The summed E-state index contributed by atoms with van der Waals surface area (Å²) in [5.41, 5.74) is 5.43. The third-order valence-corrected chi connectivity index (χ3v) is 3.93. The molecule has 80 valence electrons. The van der Waals surface area contributed by atoms with Gasteiger partial charge in [-0.1, -0.05) is 0 Å². The maximum absolute atomic E-state index is 11.5. The van der Waals surface area contributed by atoms with Crippen LogP contribution in [0.1, 0.15) is 19.3 Å². The standard InChI is InChI=1S/C10H18N2O2/c1-12-5-3-9(4-6-12)7-10(9,11)8(13)14-2/h3-7,11H2,1-2H3. The van der Waals surface area contributed by atoms with Crippen molar-refractivity contribution in [3.63, 3.8) is 0 Å². The van der Waals surface area contributed by atoms with Gasteiger partial charge < -0.3 is 15.4 Å². The molecule has 1 heterocycles. The van der Waals surface area contributed by atoms with Crippen LogP contribution < -0.4 is 5.73 Å². The SMILES string of the molecule is COC(=O)C1(N)CC12CCN(C)CC2. The predicted molar refractivity (Wildman–Crippen MR) is 52.7 cm³/mol. The van der Waals surface area contributed by atoms with Crippen LogP contribution in [0.2, 0.25) is 0 Å². The molecular weight excluding hydrogens is 180 g/mol. The molecule has 0 aromatic heterocycles. The van der Waals surface area contributed by atoms with Crippen molar-refractivity contribution >= 4 is 5.97 Å². The van der Waals surface area contributed by atoms with Crippen LogP contribution in [0.3, 0.4) is 0 Å². The molecule has 1 saturated heterocycles. The van der Waals surface area contributed by atoms with Gasteiger partial charge in [0.25, 0.3) is 0 Å². The molecule has 1 atom stereocenters. The van der Waals surface area contributed by atoms with Gasteiger partial charge in [0.2, 0.25) is 0 Å². The number of likely N-dealkylation sites (tertiary alicyclic amines) is 1. The van der Waals surface area contributed by atoms with Crippen LogP contribution in [-0.4, -0.2) is 43.7 Å². The third-order valence-electron chi connectivity index (χ3n) is 3.93. The highest BCUT2D eigenvalue weighted by Gasteiger charge is 2.70. The number of carbonyl (C=O) groups excluding carboxylic acids is 1. The first-order valence-electron chi connectivity index (χ1n) is 5.10. The highest BCUT2D eigenvalue weighted by molar-refractivity contribution is 5.86. The Morgan fingerprint density at radius 3 is 2.50 bits per heavy atom. The first kappa shape index (κ1) is 9.93. The Hall–Kier alpha value is -0.610. The number of carbonyl (C=O) groups is 1. The zero-order valence-electron chi connectivity index (χ0n) is 8.88. The molecule has 1 saturated carbocycles. The summed E-state index contributed by atoms with van der Waals surface area (Å²) in [4.78, 5) is 13.8. The molecular formula is C10H18N2O2. The Morgan fingerprint density at radius 2 is 2.00 bits per heavy atom. The molecule has 4 heteroatoms. The average Bonchev–Trinajstić information content (AvgIpc) is 2.77. The molecule has 4 nitrogen and oxygen atoms in total. The van der Waals surface area contributed by atoms with Gasteiger partial charge in [-0.3, -0.25) is 4.79 Å². The first-order chi connectivity index (χ1) is 6.54. The number of rotatable bonds is 1. The Labute approximate surface area is 84.4 Å². The Morgan fingerprint density at radius 1 is 1.43 bits per heavy atom. The quantitative estimate of drug-likeness (QED) is 0.601. The van der Waals surface area contributed by atoms with Gasteiger partial charge in [0.05, 0.1) is 7.11 Å². The fourth-order valence-electron chi connectivity index (χ4n) is 2.63. The third kappa shape index (κ3) is 1.17. The molecule has 0 radical (unpaired) electrons. The summed E-state index contributed by atoms with van der Waals surface area (Å²) in [5, 5.41) is 0. The molecule has 0 amide bonds. The van der Waals surface area contributed by atoms with Crippen molar-refractivity contribution in [2.45, 2.75) is 24.8 Å². The van der Waals surface area contributed by atoms with Gasteiger partial charge in [-0.2, -0.15) is 0 Å². The van der Waals surface area contributed by atoms with Crippen molar-refractivity contribution in [1.82, 2.24) is 4.90 Å². The van der Waals surface area contributed by atoms with Crippen LogP contribution in [-0.2, 0) is 9.53 Å². The number of esters is 1. The number of nitrogens with two attached hydrogens (primary N) is 1. The summed E-state index contributed by atoms with van der Waals surface area (Å²) < 4.78 is 4.75. The van der Waals surface area contributed by atoms with E-state index in [1.165, 1.54) is 7.11 Å². The van der Waals surface area contributed by atoms with E-state index < -0.39 is 5.54 Å². The first-order valence-corrected chi connectivity index (χ1v) is 5.10. The van der Waals surface area contributed by atoms with Crippen molar-refractivity contribution in [2.24, 2.45) is 11.1 Å². The summed E-state index contributed by atoms with van der Waals surface area (Å²) in [5.74, 6) is -0.234. The molecule has 1 unspecified atom stereocenters. The van der Waals surface area contributed by atoms with E-state index in [1.807, 2.05) is 0 Å². The predicted octanol–water partition coefficient (Wildman–Crippen LogP) is -0.0274. The molecule has 0 bridgehead atoms. The van der Waals surface area contributed by atoms with E-state index in [1.54, 1.807) is 0 Å². The van der Waals surface area contributed by atoms with E-state index in [9.17, 15) is 4.79 Å². The summed E-state index contributed by atoms with van der Waals surface area (Å²) in [6.07, 6.45) is 2.85. The number of hydrogen-bond donors (Lipinski definition) is 1. The maximum Gasteiger partial charge on any atom is 0.326 e. The van der Waals surface area contributed by atoms with Crippen LogP contribution in [0.4, 0.5) is 0 Å². The van der Waals surface area contributed by atoms with Crippen molar-refractivity contribution in [2.75, 3.05) is 27.2 Å². The lowest BCUT2D eigenvalue weighted by molar-refractivity contribution is -0.144. The van der Waals surface area contributed by atoms with Crippen LogP contribution in [0.15, 0.2) is 0 Å². The second kappa shape index (κ2) is 2.94. The van der Waals surface area contributed by atoms with Gasteiger partial charge >= 0.3 is 5.97 Å². The van der Waals surface area contributed by atoms with Crippen molar-refractivity contribution in [1.29, 1.82) is 0 Å². The molecule has 0 aromatic carbocycles. The lowest BCUT2D eigenvalue weighted by Gasteiger charge is -2.31. The molecule has 1 spiro atoms. The zero-order valence-corrected chi connectivity index (χ0v) is 8.88. The zero-order chi connectivity index (χ0) is 10.4. The minimum atomic E-state index is -0.678. The second-order valence-electron chi connectivity index (χ2n) is 4.72. The topological polar surface area (TPSA) is 55.6 Å². The summed E-state index contributed by atoms with van der Waals surface area (Å²) in [6.45, 7) is 2.08. The van der Waals surface area contributed by atoms with Crippen LogP contribution in [0.25, 0.3) is 0 Å². The molecule has 1 aliphatic carbocycles. The number of methoxy groups -OCH3 is 1. The lowest BCUT2D eigenvalue weighted by atomic mass is 9.88. The molecule has 2 N–H and O–H groups in total. The summed E-state index contributed by atoms with van der Waals surface area (Å²) in [6, 6.07) is 0. The average molecular weight is 198 g/mol. The Bertz CT molecular complexity index is 259. The number of nitrogens with zero attached hydrogens (tertiary/aromatic N) is 1. The van der Waals surface area contributed by atoms with Gasteiger partial charge in [0, 0.05) is 5.41 Å². The summed E-state index contributed by atoms with van der Waals surface area (Å²) >= 11 is 0. The van der Waals surface area contributed by atoms with E-state index in [0.717, 1.165) is 32.4 Å². The smallest absolute Gasteiger partial charge is 0.326 e. The van der Waals surface area contributed by atoms with Crippen LogP contribution >= 0.6 is 0 Å². The monoisotopic (exact) mass is 198 g/mol. The fraction of sp³-hybridized carbons (Fsp3) is 0.900. The van der Waals surface area contributed by atoms with Gasteiger partial charge in [0.1, 0.15) is 5.54 Å². The van der Waals surface area contributed by atoms with Gasteiger partial charge in [-0.25, -0.2) is 0 Å². The van der Waals surface area contributed by atoms with E-state index in [-0.39, 0.29) is 11.4 Å². The Balaban J connectivity index is 2.05. The van der Waals surface area contributed by atoms with E-state index >= 15 is 0 Å². The largest absolute Gasteiger partial charge is 0.468 e. The molecule has 2 aliphatic rings.